The number of rotatable bonds is 2. The van der Waals surface area contributed by atoms with Gasteiger partial charge in [0, 0.05) is 12.1 Å². The van der Waals surface area contributed by atoms with E-state index in [2.05, 4.69) is 5.18 Å². The highest BCUT2D eigenvalue weighted by Crippen LogP contribution is 2.12. The highest BCUT2D eigenvalue weighted by molar-refractivity contribution is 5.39. The fourth-order valence-corrected chi connectivity index (χ4v) is 1.43. The summed E-state index contributed by atoms with van der Waals surface area (Å²) in [6, 6.07) is 13.7. The van der Waals surface area contributed by atoms with Crippen molar-refractivity contribution in [2.75, 3.05) is 0 Å². The van der Waals surface area contributed by atoms with Crippen LogP contribution in [0.1, 0.15) is 11.1 Å². The number of nitrogens with zero attached hydrogens (tertiary/aromatic N) is 2. The van der Waals surface area contributed by atoms with Crippen LogP contribution in [-0.2, 0) is 0 Å². The van der Waals surface area contributed by atoms with Crippen molar-refractivity contribution in [3.63, 3.8) is 0 Å². The van der Waals surface area contributed by atoms with Gasteiger partial charge >= 0.3 is 0 Å². The van der Waals surface area contributed by atoms with E-state index < -0.39 is 4.92 Å². The van der Waals surface area contributed by atoms with Crippen molar-refractivity contribution in [2.45, 2.75) is 13.8 Å². The molecule has 0 amide bonds. The maximum absolute atomic E-state index is 10.2. The van der Waals surface area contributed by atoms with Crippen LogP contribution in [0, 0.1) is 28.9 Å². The number of hydrogen-bond acceptors (Lipinski definition) is 4. The van der Waals surface area contributed by atoms with Crippen LogP contribution in [0.2, 0.25) is 0 Å². The lowest BCUT2D eigenvalue weighted by Crippen LogP contribution is -1.86. The summed E-state index contributed by atoms with van der Waals surface area (Å²) in [5.74, 6) is 0. The Balaban J connectivity index is 0.000000191. The molecule has 0 aliphatic rings. The molecule has 98 valence electrons. The van der Waals surface area contributed by atoms with E-state index in [9.17, 15) is 15.0 Å². The van der Waals surface area contributed by atoms with E-state index in [0.29, 0.717) is 5.69 Å². The third kappa shape index (κ3) is 5.08. The van der Waals surface area contributed by atoms with Crippen LogP contribution in [-0.4, -0.2) is 4.92 Å². The lowest BCUT2D eigenvalue weighted by molar-refractivity contribution is -0.384. The molecule has 2 aromatic carbocycles. The number of aryl methyl sites for hydroxylation is 2. The van der Waals surface area contributed by atoms with Gasteiger partial charge in [0.2, 0.25) is 0 Å². The molecular formula is C14H14N2O3. The minimum Gasteiger partial charge on any atom is -0.258 e. The second-order valence-corrected chi connectivity index (χ2v) is 4.03. The molecule has 0 heterocycles. The summed E-state index contributed by atoms with van der Waals surface area (Å²) in [6.07, 6.45) is 0. The predicted octanol–water partition coefficient (Wildman–Crippen LogP) is 4.30. The van der Waals surface area contributed by atoms with Gasteiger partial charge in [0.1, 0.15) is 5.69 Å². The molecule has 0 bridgehead atoms. The van der Waals surface area contributed by atoms with E-state index in [1.807, 2.05) is 32.0 Å². The summed E-state index contributed by atoms with van der Waals surface area (Å²) >= 11 is 0. The molecule has 0 spiro atoms. The molecule has 0 unspecified atom stereocenters. The molecule has 0 aromatic heterocycles. The first-order valence-corrected chi connectivity index (χ1v) is 5.64. The molecule has 0 aliphatic carbocycles. The van der Waals surface area contributed by atoms with Crippen LogP contribution in [0.15, 0.2) is 53.7 Å². The standard InChI is InChI=1S/C7H7NO2.C7H7NO/c1-6-3-2-4-7(5-6)8(9)10;1-6-3-2-4-7(5-6)8-9/h2-5H,1H3;2-5H,1H3. The average molecular weight is 258 g/mol. The fraction of sp³-hybridized carbons (Fsp3) is 0.143. The number of hydrogen-bond donors (Lipinski definition) is 0. The van der Waals surface area contributed by atoms with Gasteiger partial charge in [0.25, 0.3) is 5.69 Å². The Morgan fingerprint density at radius 3 is 1.95 bits per heavy atom. The Labute approximate surface area is 111 Å². The molecule has 0 N–H and O–H groups in total. The molecule has 0 atom stereocenters. The summed E-state index contributed by atoms with van der Waals surface area (Å²) in [5, 5.41) is 12.9. The molecule has 5 heteroatoms. The molecule has 5 nitrogen and oxygen atoms in total. The molecular weight excluding hydrogens is 244 g/mol. The monoisotopic (exact) mass is 258 g/mol. The fourth-order valence-electron chi connectivity index (χ4n) is 1.43. The first-order valence-electron chi connectivity index (χ1n) is 5.64. The van der Waals surface area contributed by atoms with Crippen molar-refractivity contribution >= 4 is 11.4 Å². The van der Waals surface area contributed by atoms with E-state index in [1.54, 1.807) is 24.3 Å². The Hall–Kier alpha value is -2.56. The van der Waals surface area contributed by atoms with Gasteiger partial charge in [-0.3, -0.25) is 10.1 Å². The van der Waals surface area contributed by atoms with Gasteiger partial charge in [0.15, 0.2) is 0 Å². The zero-order chi connectivity index (χ0) is 14.3. The Bertz CT molecular complexity index is 582. The minimum atomic E-state index is -0.396. The number of benzene rings is 2. The second-order valence-electron chi connectivity index (χ2n) is 4.03. The molecule has 19 heavy (non-hydrogen) atoms. The SMILES string of the molecule is Cc1cccc(N=O)c1.Cc1cccc([N+](=O)[O-])c1. The van der Waals surface area contributed by atoms with Crippen LogP contribution in [0.5, 0.6) is 0 Å². The quantitative estimate of drug-likeness (QED) is 0.458. The van der Waals surface area contributed by atoms with E-state index >= 15 is 0 Å². The topological polar surface area (TPSA) is 72.6 Å². The Morgan fingerprint density at radius 1 is 1.00 bits per heavy atom. The highest BCUT2D eigenvalue weighted by atomic mass is 16.6. The van der Waals surface area contributed by atoms with Crippen LogP contribution in [0.25, 0.3) is 0 Å². The van der Waals surface area contributed by atoms with Gasteiger partial charge in [-0.2, -0.15) is 0 Å². The predicted molar refractivity (Wildman–Crippen MR) is 74.5 cm³/mol. The molecule has 0 radical (unpaired) electrons. The van der Waals surface area contributed by atoms with E-state index in [-0.39, 0.29) is 5.69 Å². The number of nitroso groups, excluding NO2 is 1. The minimum absolute atomic E-state index is 0.153. The van der Waals surface area contributed by atoms with Crippen LogP contribution >= 0.6 is 0 Å². The molecule has 0 aliphatic heterocycles. The maximum Gasteiger partial charge on any atom is 0.269 e. The normalized spacial score (nSPS) is 9.16. The van der Waals surface area contributed by atoms with Gasteiger partial charge in [-0.15, -0.1) is 4.91 Å². The summed E-state index contributed by atoms with van der Waals surface area (Å²) in [6.45, 7) is 3.75. The van der Waals surface area contributed by atoms with Crippen LogP contribution in [0.3, 0.4) is 0 Å². The lowest BCUT2D eigenvalue weighted by atomic mass is 10.2. The van der Waals surface area contributed by atoms with Crippen molar-refractivity contribution in [1.82, 2.24) is 0 Å². The second kappa shape index (κ2) is 7.00. The first-order chi connectivity index (χ1) is 9.02. The van der Waals surface area contributed by atoms with Crippen molar-refractivity contribution < 1.29 is 4.92 Å². The van der Waals surface area contributed by atoms with E-state index in [4.69, 9.17) is 0 Å². The zero-order valence-electron chi connectivity index (χ0n) is 10.7. The summed E-state index contributed by atoms with van der Waals surface area (Å²) in [7, 11) is 0. The number of nitro groups is 1. The summed E-state index contributed by atoms with van der Waals surface area (Å²) < 4.78 is 0. The van der Waals surface area contributed by atoms with Gasteiger partial charge < -0.3 is 0 Å². The number of nitro benzene ring substituents is 1. The van der Waals surface area contributed by atoms with Gasteiger partial charge in [0.05, 0.1) is 4.92 Å². The molecule has 2 rings (SSSR count). The van der Waals surface area contributed by atoms with Gasteiger partial charge in [-0.1, -0.05) is 24.3 Å². The van der Waals surface area contributed by atoms with E-state index in [1.165, 1.54) is 6.07 Å². The average Bonchev–Trinajstić information content (AvgIpc) is 2.39. The van der Waals surface area contributed by atoms with Crippen molar-refractivity contribution in [2.24, 2.45) is 5.18 Å². The lowest BCUT2D eigenvalue weighted by Gasteiger charge is -1.90. The van der Waals surface area contributed by atoms with Crippen molar-refractivity contribution in [3.05, 3.63) is 74.7 Å². The van der Waals surface area contributed by atoms with Gasteiger partial charge in [-0.05, 0) is 42.3 Å². The van der Waals surface area contributed by atoms with Crippen LogP contribution < -0.4 is 0 Å². The summed E-state index contributed by atoms with van der Waals surface area (Å²) in [4.78, 5) is 19.7. The van der Waals surface area contributed by atoms with Crippen molar-refractivity contribution in [3.8, 4) is 0 Å². The van der Waals surface area contributed by atoms with Gasteiger partial charge in [-0.25, -0.2) is 0 Å². The molecule has 0 fully saturated rings. The summed E-state index contributed by atoms with van der Waals surface area (Å²) in [5.41, 5.74) is 2.62. The third-order valence-corrected chi connectivity index (χ3v) is 2.32. The zero-order valence-corrected chi connectivity index (χ0v) is 10.7. The smallest absolute Gasteiger partial charge is 0.258 e. The van der Waals surface area contributed by atoms with Crippen LogP contribution in [0.4, 0.5) is 11.4 Å². The Morgan fingerprint density at radius 2 is 1.58 bits per heavy atom. The third-order valence-electron chi connectivity index (χ3n) is 2.32. The highest BCUT2D eigenvalue weighted by Gasteiger charge is 2.01. The number of non-ortho nitro benzene ring substituents is 1. The first kappa shape index (κ1) is 14.5. The van der Waals surface area contributed by atoms with Crippen molar-refractivity contribution in [1.29, 1.82) is 0 Å². The molecule has 0 saturated heterocycles. The largest absolute Gasteiger partial charge is 0.269 e. The Kier molecular flexibility index (Phi) is 5.35. The molecule has 0 saturated carbocycles. The molecule has 2 aromatic rings. The maximum atomic E-state index is 10.2. The van der Waals surface area contributed by atoms with E-state index in [0.717, 1.165) is 11.1 Å².